The second-order valence-electron chi connectivity index (χ2n) is 2.86. The Morgan fingerprint density at radius 3 is 2.75 bits per heavy atom. The van der Waals surface area contributed by atoms with Crippen LogP contribution in [0.1, 0.15) is 28.2 Å². The zero-order valence-corrected chi connectivity index (χ0v) is 9.09. The number of aromatic nitrogens is 1. The van der Waals surface area contributed by atoms with E-state index in [4.69, 9.17) is 17.3 Å². The molecule has 0 aliphatic rings. The van der Waals surface area contributed by atoms with Gasteiger partial charge in [-0.25, -0.2) is 18.6 Å². The van der Waals surface area contributed by atoms with Crippen molar-refractivity contribution in [1.82, 2.24) is 4.98 Å². The van der Waals surface area contributed by atoms with Gasteiger partial charge in [-0.15, -0.1) is 0 Å². The lowest BCUT2D eigenvalue weighted by Gasteiger charge is -2.09. The number of pyridine rings is 1. The Morgan fingerprint density at radius 2 is 2.31 bits per heavy atom. The minimum atomic E-state index is -2.82. The molecule has 1 aromatic heterocycles. The smallest absolute Gasteiger partial charge is 0.358 e. The molecule has 0 amide bonds. The molecule has 0 unspecified atom stereocenters. The first-order chi connectivity index (χ1) is 7.51. The number of carbonyl (C=O) groups excluding carboxylic acids is 1. The standard InChI is InChI=1S/C9H9ClF2N2O2/c1-16-9(15)7-5(10)2-4(3-13)6(14-7)8(11)12/h2,8H,3,13H2,1H3. The Kier molecular flexibility index (Phi) is 4.14. The quantitative estimate of drug-likeness (QED) is 0.833. The third kappa shape index (κ3) is 2.45. The number of hydrogen-bond donors (Lipinski definition) is 1. The first kappa shape index (κ1) is 12.8. The SMILES string of the molecule is COC(=O)c1nc(C(F)F)c(CN)cc1Cl. The molecule has 1 rings (SSSR count). The molecule has 0 spiro atoms. The molecule has 88 valence electrons. The summed E-state index contributed by atoms with van der Waals surface area (Å²) in [5, 5.41) is -0.0586. The van der Waals surface area contributed by atoms with Gasteiger partial charge < -0.3 is 10.5 Å². The highest BCUT2D eigenvalue weighted by molar-refractivity contribution is 6.33. The average molecular weight is 251 g/mol. The molecule has 0 aliphatic heterocycles. The van der Waals surface area contributed by atoms with E-state index in [-0.39, 0.29) is 22.8 Å². The normalized spacial score (nSPS) is 10.6. The lowest BCUT2D eigenvalue weighted by Crippen LogP contribution is -2.11. The lowest BCUT2D eigenvalue weighted by molar-refractivity contribution is 0.0592. The first-order valence-electron chi connectivity index (χ1n) is 4.27. The lowest BCUT2D eigenvalue weighted by atomic mass is 10.1. The average Bonchev–Trinajstić information content (AvgIpc) is 2.27. The maximum Gasteiger partial charge on any atom is 0.358 e. The molecule has 1 heterocycles. The van der Waals surface area contributed by atoms with E-state index < -0.39 is 18.1 Å². The molecule has 0 radical (unpaired) electrons. The Hall–Kier alpha value is -1.27. The van der Waals surface area contributed by atoms with E-state index in [0.717, 1.165) is 7.11 Å². The maximum absolute atomic E-state index is 12.6. The summed E-state index contributed by atoms with van der Waals surface area (Å²) in [5.41, 5.74) is 4.49. The Balaban J connectivity index is 3.33. The van der Waals surface area contributed by atoms with E-state index in [1.54, 1.807) is 0 Å². The fraction of sp³-hybridized carbons (Fsp3) is 0.333. The van der Waals surface area contributed by atoms with Crippen LogP contribution in [-0.2, 0) is 11.3 Å². The summed E-state index contributed by atoms with van der Waals surface area (Å²) in [7, 11) is 1.11. The molecule has 0 aliphatic carbocycles. The fourth-order valence-corrected chi connectivity index (χ4v) is 1.38. The van der Waals surface area contributed by atoms with Gasteiger partial charge in [-0.1, -0.05) is 11.6 Å². The Bertz CT molecular complexity index is 413. The molecule has 0 saturated heterocycles. The number of alkyl halides is 2. The van der Waals surface area contributed by atoms with Crippen LogP contribution in [0.3, 0.4) is 0 Å². The predicted molar refractivity (Wildman–Crippen MR) is 53.4 cm³/mol. The number of nitrogens with zero attached hydrogens (tertiary/aromatic N) is 1. The predicted octanol–water partition coefficient (Wildman–Crippen LogP) is 1.92. The number of hydrogen-bond acceptors (Lipinski definition) is 4. The third-order valence-electron chi connectivity index (χ3n) is 1.89. The highest BCUT2D eigenvalue weighted by atomic mass is 35.5. The third-order valence-corrected chi connectivity index (χ3v) is 2.18. The highest BCUT2D eigenvalue weighted by Crippen LogP contribution is 2.25. The van der Waals surface area contributed by atoms with E-state index in [1.165, 1.54) is 6.07 Å². The van der Waals surface area contributed by atoms with Crippen LogP contribution in [0.25, 0.3) is 0 Å². The largest absolute Gasteiger partial charge is 0.464 e. The van der Waals surface area contributed by atoms with Crippen LogP contribution in [0, 0.1) is 0 Å². The second kappa shape index (κ2) is 5.18. The minimum Gasteiger partial charge on any atom is -0.464 e. The fourth-order valence-electron chi connectivity index (χ4n) is 1.13. The molecule has 1 aromatic rings. The summed E-state index contributed by atoms with van der Waals surface area (Å²) in [6, 6.07) is 1.20. The molecule has 0 aromatic carbocycles. The number of esters is 1. The Morgan fingerprint density at radius 1 is 1.69 bits per heavy atom. The zero-order valence-electron chi connectivity index (χ0n) is 8.34. The second-order valence-corrected chi connectivity index (χ2v) is 3.27. The topological polar surface area (TPSA) is 65.2 Å². The first-order valence-corrected chi connectivity index (χ1v) is 4.64. The van der Waals surface area contributed by atoms with E-state index in [0.29, 0.717) is 0 Å². The number of carbonyl (C=O) groups is 1. The summed E-state index contributed by atoms with van der Waals surface area (Å²) >= 11 is 5.69. The van der Waals surface area contributed by atoms with Gasteiger partial charge in [0.25, 0.3) is 6.43 Å². The van der Waals surface area contributed by atoms with Gasteiger partial charge in [0.15, 0.2) is 5.69 Å². The van der Waals surface area contributed by atoms with Crippen LogP contribution in [0.2, 0.25) is 5.02 Å². The van der Waals surface area contributed by atoms with Crippen molar-refractivity contribution in [1.29, 1.82) is 0 Å². The van der Waals surface area contributed by atoms with Crippen molar-refractivity contribution in [2.45, 2.75) is 13.0 Å². The highest BCUT2D eigenvalue weighted by Gasteiger charge is 2.21. The maximum atomic E-state index is 12.6. The van der Waals surface area contributed by atoms with E-state index >= 15 is 0 Å². The van der Waals surface area contributed by atoms with E-state index in [1.807, 2.05) is 0 Å². The molecule has 0 bridgehead atoms. The number of rotatable bonds is 3. The van der Waals surface area contributed by atoms with Crippen molar-refractivity contribution in [2.24, 2.45) is 5.73 Å². The van der Waals surface area contributed by atoms with Crippen molar-refractivity contribution >= 4 is 17.6 Å². The van der Waals surface area contributed by atoms with Crippen molar-refractivity contribution < 1.29 is 18.3 Å². The van der Waals surface area contributed by atoms with Crippen LogP contribution in [0.4, 0.5) is 8.78 Å². The van der Waals surface area contributed by atoms with Crippen molar-refractivity contribution in [3.05, 3.63) is 28.0 Å². The van der Waals surface area contributed by atoms with Gasteiger partial charge in [-0.05, 0) is 11.6 Å². The number of ether oxygens (including phenoxy) is 1. The van der Waals surface area contributed by atoms with E-state index in [2.05, 4.69) is 9.72 Å². The van der Waals surface area contributed by atoms with Crippen LogP contribution in [-0.4, -0.2) is 18.1 Å². The molecule has 7 heteroatoms. The molecule has 2 N–H and O–H groups in total. The van der Waals surface area contributed by atoms with E-state index in [9.17, 15) is 13.6 Å². The molecule has 16 heavy (non-hydrogen) atoms. The van der Waals surface area contributed by atoms with Crippen LogP contribution < -0.4 is 5.73 Å². The zero-order chi connectivity index (χ0) is 12.3. The molecular weight excluding hydrogens is 242 g/mol. The van der Waals surface area contributed by atoms with Crippen molar-refractivity contribution in [3.63, 3.8) is 0 Å². The summed E-state index contributed by atoms with van der Waals surface area (Å²) in [6.07, 6.45) is -2.82. The summed E-state index contributed by atoms with van der Waals surface area (Å²) in [5.74, 6) is -0.865. The number of halogens is 3. The van der Waals surface area contributed by atoms with Crippen molar-refractivity contribution in [3.8, 4) is 0 Å². The minimum absolute atomic E-state index is 0.0586. The Labute approximate surface area is 95.4 Å². The summed E-state index contributed by atoms with van der Waals surface area (Å²) in [4.78, 5) is 14.6. The monoisotopic (exact) mass is 250 g/mol. The molecule has 4 nitrogen and oxygen atoms in total. The van der Waals surface area contributed by atoms with Gasteiger partial charge in [0, 0.05) is 6.54 Å². The van der Waals surface area contributed by atoms with Gasteiger partial charge in [-0.2, -0.15) is 0 Å². The van der Waals surface area contributed by atoms with Gasteiger partial charge in [0.05, 0.1) is 12.1 Å². The summed E-state index contributed by atoms with van der Waals surface area (Å²) in [6.45, 7) is -0.131. The molecule has 0 atom stereocenters. The number of nitrogens with two attached hydrogens (primary N) is 1. The molecule has 0 saturated carbocycles. The van der Waals surface area contributed by atoms with Crippen molar-refractivity contribution in [2.75, 3.05) is 7.11 Å². The molecule has 0 fully saturated rings. The number of methoxy groups -OCH3 is 1. The van der Waals surface area contributed by atoms with Crippen LogP contribution in [0.5, 0.6) is 0 Å². The van der Waals surface area contributed by atoms with Gasteiger partial charge >= 0.3 is 5.97 Å². The van der Waals surface area contributed by atoms with Gasteiger partial charge in [0.1, 0.15) is 5.69 Å². The van der Waals surface area contributed by atoms with Crippen LogP contribution in [0.15, 0.2) is 6.07 Å². The van der Waals surface area contributed by atoms with Crippen LogP contribution >= 0.6 is 11.6 Å². The molecular formula is C9H9ClF2N2O2. The van der Waals surface area contributed by atoms with Gasteiger partial charge in [0.2, 0.25) is 0 Å². The van der Waals surface area contributed by atoms with Gasteiger partial charge in [-0.3, -0.25) is 0 Å². The summed E-state index contributed by atoms with van der Waals surface area (Å²) < 4.78 is 29.5.